The number of nitrogens with one attached hydrogen (secondary N) is 1. The van der Waals surface area contributed by atoms with Crippen LogP contribution >= 0.6 is 0 Å². The van der Waals surface area contributed by atoms with E-state index in [0.29, 0.717) is 12.5 Å². The molecule has 2 unspecified atom stereocenters. The maximum atomic E-state index is 11.7. The minimum absolute atomic E-state index is 0.0811. The van der Waals surface area contributed by atoms with Crippen molar-refractivity contribution in [2.45, 2.75) is 26.7 Å². The predicted octanol–water partition coefficient (Wildman–Crippen LogP) is 1.24. The molecule has 0 saturated carbocycles. The molecule has 4 heteroatoms. The lowest BCUT2D eigenvalue weighted by atomic mass is 9.96. The van der Waals surface area contributed by atoms with Crippen molar-refractivity contribution >= 4 is 5.91 Å². The average Bonchev–Trinajstić information content (AvgIpc) is 2.64. The number of rotatable bonds is 5. The van der Waals surface area contributed by atoms with Crippen LogP contribution < -0.4 is 5.32 Å². The standard InChI is InChI=1S/C13H23N3O/c1-10(2)12(8-14)13(17)15-6-4-11-5-7-16(3)9-11/h10-12H,4-7,9H2,1-3H3,(H,15,17). The molecular formula is C13H23N3O. The number of nitrogens with zero attached hydrogens (tertiary/aromatic N) is 2. The molecule has 17 heavy (non-hydrogen) atoms. The summed E-state index contributed by atoms with van der Waals surface area (Å²) in [5.41, 5.74) is 0. The fraction of sp³-hybridized carbons (Fsp3) is 0.846. The van der Waals surface area contributed by atoms with Crippen molar-refractivity contribution in [2.24, 2.45) is 17.8 Å². The van der Waals surface area contributed by atoms with Crippen molar-refractivity contribution < 1.29 is 4.79 Å². The summed E-state index contributed by atoms with van der Waals surface area (Å²) in [6.45, 7) is 6.79. The van der Waals surface area contributed by atoms with Gasteiger partial charge in [-0.1, -0.05) is 13.8 Å². The van der Waals surface area contributed by atoms with E-state index in [4.69, 9.17) is 5.26 Å². The zero-order valence-electron chi connectivity index (χ0n) is 11.1. The van der Waals surface area contributed by atoms with Crippen molar-refractivity contribution in [1.82, 2.24) is 10.2 Å². The summed E-state index contributed by atoms with van der Waals surface area (Å²) in [5.74, 6) is 0.146. The van der Waals surface area contributed by atoms with Gasteiger partial charge in [0.1, 0.15) is 5.92 Å². The van der Waals surface area contributed by atoms with E-state index in [9.17, 15) is 4.79 Å². The highest BCUT2D eigenvalue weighted by Gasteiger charge is 2.22. The molecule has 2 atom stereocenters. The molecule has 0 spiro atoms. The molecule has 0 radical (unpaired) electrons. The van der Waals surface area contributed by atoms with Gasteiger partial charge in [0.05, 0.1) is 6.07 Å². The van der Waals surface area contributed by atoms with Crippen LogP contribution in [0, 0.1) is 29.1 Å². The monoisotopic (exact) mass is 237 g/mol. The number of nitriles is 1. The third-order valence-electron chi connectivity index (χ3n) is 3.43. The van der Waals surface area contributed by atoms with Gasteiger partial charge in [0, 0.05) is 13.1 Å². The Kier molecular flexibility index (Phi) is 5.43. The van der Waals surface area contributed by atoms with Crippen molar-refractivity contribution in [3.8, 4) is 6.07 Å². The lowest BCUT2D eigenvalue weighted by Crippen LogP contribution is -2.34. The van der Waals surface area contributed by atoms with E-state index < -0.39 is 5.92 Å². The molecular weight excluding hydrogens is 214 g/mol. The second kappa shape index (κ2) is 6.61. The van der Waals surface area contributed by atoms with Gasteiger partial charge in [-0.15, -0.1) is 0 Å². The molecule has 1 saturated heterocycles. The molecule has 0 aromatic rings. The Labute approximate surface area is 104 Å². The summed E-state index contributed by atoms with van der Waals surface area (Å²) < 4.78 is 0. The van der Waals surface area contributed by atoms with Gasteiger partial charge < -0.3 is 10.2 Å². The first kappa shape index (κ1) is 14.0. The quantitative estimate of drug-likeness (QED) is 0.782. The fourth-order valence-electron chi connectivity index (χ4n) is 2.28. The Morgan fingerprint density at radius 1 is 1.59 bits per heavy atom. The van der Waals surface area contributed by atoms with Gasteiger partial charge in [-0.3, -0.25) is 4.79 Å². The lowest BCUT2D eigenvalue weighted by molar-refractivity contribution is -0.124. The molecule has 1 rings (SSSR count). The highest BCUT2D eigenvalue weighted by atomic mass is 16.1. The van der Waals surface area contributed by atoms with Gasteiger partial charge in [-0.05, 0) is 38.3 Å². The van der Waals surface area contributed by atoms with Gasteiger partial charge in [0.25, 0.3) is 0 Å². The van der Waals surface area contributed by atoms with E-state index in [1.807, 2.05) is 13.8 Å². The summed E-state index contributed by atoms with van der Waals surface area (Å²) in [6.07, 6.45) is 2.24. The van der Waals surface area contributed by atoms with Gasteiger partial charge >= 0.3 is 0 Å². The highest BCUT2D eigenvalue weighted by molar-refractivity contribution is 5.81. The molecule has 1 fully saturated rings. The van der Waals surface area contributed by atoms with Gasteiger partial charge in [-0.25, -0.2) is 0 Å². The maximum Gasteiger partial charge on any atom is 0.237 e. The molecule has 0 bridgehead atoms. The highest BCUT2D eigenvalue weighted by Crippen LogP contribution is 2.17. The van der Waals surface area contributed by atoms with Crippen LogP contribution in [0.3, 0.4) is 0 Å². The van der Waals surface area contributed by atoms with E-state index in [1.165, 1.54) is 6.42 Å². The van der Waals surface area contributed by atoms with Crippen molar-refractivity contribution in [2.75, 3.05) is 26.7 Å². The van der Waals surface area contributed by atoms with Gasteiger partial charge in [0.2, 0.25) is 5.91 Å². The van der Waals surface area contributed by atoms with Crippen LogP contribution in [0.25, 0.3) is 0 Å². The molecule has 1 amide bonds. The van der Waals surface area contributed by atoms with Gasteiger partial charge in [-0.2, -0.15) is 5.26 Å². The average molecular weight is 237 g/mol. The number of hydrogen-bond donors (Lipinski definition) is 1. The summed E-state index contributed by atoms with van der Waals surface area (Å²) >= 11 is 0. The van der Waals surface area contributed by atoms with Crippen molar-refractivity contribution in [3.05, 3.63) is 0 Å². The molecule has 1 aliphatic heterocycles. The van der Waals surface area contributed by atoms with E-state index in [2.05, 4.69) is 23.3 Å². The summed E-state index contributed by atoms with van der Waals surface area (Å²) in [5, 5.41) is 11.8. The van der Waals surface area contributed by atoms with E-state index in [1.54, 1.807) is 0 Å². The van der Waals surface area contributed by atoms with Gasteiger partial charge in [0.15, 0.2) is 0 Å². The van der Waals surface area contributed by atoms with Crippen LogP contribution in [0.5, 0.6) is 0 Å². The molecule has 4 nitrogen and oxygen atoms in total. The van der Waals surface area contributed by atoms with Crippen LogP contribution in [-0.2, 0) is 4.79 Å². The normalized spacial score (nSPS) is 22.4. The zero-order valence-corrected chi connectivity index (χ0v) is 11.1. The predicted molar refractivity (Wildman–Crippen MR) is 67.2 cm³/mol. The topological polar surface area (TPSA) is 56.1 Å². The number of carbonyl (C=O) groups is 1. The number of hydrogen-bond acceptors (Lipinski definition) is 3. The first-order valence-corrected chi connectivity index (χ1v) is 6.40. The second-order valence-corrected chi connectivity index (χ2v) is 5.35. The first-order chi connectivity index (χ1) is 8.04. The number of likely N-dealkylation sites (tertiary alicyclic amines) is 1. The van der Waals surface area contributed by atoms with Crippen LogP contribution in [0.2, 0.25) is 0 Å². The second-order valence-electron chi connectivity index (χ2n) is 5.35. The van der Waals surface area contributed by atoms with E-state index in [0.717, 1.165) is 19.5 Å². The minimum Gasteiger partial charge on any atom is -0.355 e. The molecule has 0 aromatic heterocycles. The Balaban J connectivity index is 2.22. The summed E-state index contributed by atoms with van der Waals surface area (Å²) in [4.78, 5) is 14.0. The van der Waals surface area contributed by atoms with E-state index >= 15 is 0 Å². The smallest absolute Gasteiger partial charge is 0.237 e. The Bertz CT molecular complexity index is 296. The van der Waals surface area contributed by atoms with E-state index in [-0.39, 0.29) is 11.8 Å². The Morgan fingerprint density at radius 3 is 2.76 bits per heavy atom. The molecule has 0 aliphatic carbocycles. The maximum absolute atomic E-state index is 11.7. The molecule has 1 aliphatic rings. The Morgan fingerprint density at radius 2 is 2.29 bits per heavy atom. The fourth-order valence-corrected chi connectivity index (χ4v) is 2.28. The molecule has 96 valence electrons. The van der Waals surface area contributed by atoms with Crippen molar-refractivity contribution in [3.63, 3.8) is 0 Å². The lowest BCUT2D eigenvalue weighted by Gasteiger charge is -2.14. The number of amides is 1. The van der Waals surface area contributed by atoms with Crippen LogP contribution in [0.1, 0.15) is 26.7 Å². The summed E-state index contributed by atoms with van der Waals surface area (Å²) in [7, 11) is 2.13. The van der Waals surface area contributed by atoms with Crippen LogP contribution in [-0.4, -0.2) is 37.5 Å². The third-order valence-corrected chi connectivity index (χ3v) is 3.43. The van der Waals surface area contributed by atoms with Crippen molar-refractivity contribution in [1.29, 1.82) is 5.26 Å². The molecule has 1 N–H and O–H groups in total. The van der Waals surface area contributed by atoms with Crippen LogP contribution in [0.4, 0.5) is 0 Å². The Hall–Kier alpha value is -1.08. The molecule has 1 heterocycles. The first-order valence-electron chi connectivity index (χ1n) is 6.40. The molecule has 0 aromatic carbocycles. The minimum atomic E-state index is -0.513. The number of carbonyl (C=O) groups excluding carboxylic acids is 1. The zero-order chi connectivity index (χ0) is 12.8. The van der Waals surface area contributed by atoms with Crippen LogP contribution in [0.15, 0.2) is 0 Å². The SMILES string of the molecule is CC(C)C(C#N)C(=O)NCCC1CCN(C)C1. The largest absolute Gasteiger partial charge is 0.355 e. The summed E-state index contributed by atoms with van der Waals surface area (Å²) in [6, 6.07) is 2.07. The third kappa shape index (κ3) is 4.35.